The Morgan fingerprint density at radius 3 is 2.48 bits per heavy atom. The van der Waals surface area contributed by atoms with Crippen molar-refractivity contribution in [2.75, 3.05) is 12.0 Å². The lowest BCUT2D eigenvalue weighted by Gasteiger charge is -2.14. The van der Waals surface area contributed by atoms with Crippen molar-refractivity contribution in [1.82, 2.24) is 5.32 Å². The Balaban J connectivity index is 2.88. The third-order valence-corrected chi connectivity index (χ3v) is 3.76. The quantitative estimate of drug-likeness (QED) is 0.844. The van der Waals surface area contributed by atoms with Gasteiger partial charge in [-0.05, 0) is 31.4 Å². The summed E-state index contributed by atoms with van der Waals surface area (Å²) in [6.07, 6.45) is 2.29. The monoisotopic (exact) mass is 313 g/mol. The largest absolute Gasteiger partial charge is 0.480 e. The number of nitrogens with one attached hydrogen (secondary N) is 1. The molecule has 1 amide bonds. The van der Waals surface area contributed by atoms with Crippen LogP contribution >= 0.6 is 11.8 Å². The molecule has 0 fully saturated rings. The van der Waals surface area contributed by atoms with E-state index < -0.39 is 17.9 Å². The minimum atomic E-state index is -1.02. The van der Waals surface area contributed by atoms with Crippen molar-refractivity contribution in [3.05, 3.63) is 23.2 Å². The second-order valence-electron chi connectivity index (χ2n) is 5.98. The maximum Gasteiger partial charge on any atom is 0.326 e. The van der Waals surface area contributed by atoms with Crippen LogP contribution in [0, 0.1) is 6.92 Å². The number of amides is 1. The van der Waals surface area contributed by atoms with Crippen molar-refractivity contribution < 1.29 is 19.1 Å². The summed E-state index contributed by atoms with van der Waals surface area (Å²) < 4.78 is 5.61. The molecule has 0 aliphatic heterocycles. The fraction of sp³-hybridized carbons (Fsp3) is 0.600. The third kappa shape index (κ3) is 4.81. The van der Waals surface area contributed by atoms with E-state index in [1.54, 1.807) is 24.8 Å². The normalized spacial score (nSPS) is 13.0. The molecule has 0 bridgehead atoms. The smallest absolute Gasteiger partial charge is 0.326 e. The van der Waals surface area contributed by atoms with Crippen LogP contribution in [0.4, 0.5) is 0 Å². The van der Waals surface area contributed by atoms with E-state index in [2.05, 4.69) is 5.32 Å². The van der Waals surface area contributed by atoms with Gasteiger partial charge in [0.2, 0.25) is 0 Å². The Labute approximate surface area is 129 Å². The van der Waals surface area contributed by atoms with Crippen molar-refractivity contribution in [2.45, 2.75) is 45.6 Å². The lowest BCUT2D eigenvalue weighted by Crippen LogP contribution is -2.41. The van der Waals surface area contributed by atoms with Gasteiger partial charge in [0, 0.05) is 5.41 Å². The Hall–Kier alpha value is -1.43. The molecular weight excluding hydrogens is 290 g/mol. The van der Waals surface area contributed by atoms with Gasteiger partial charge in [0.05, 0.1) is 5.56 Å². The summed E-state index contributed by atoms with van der Waals surface area (Å²) in [5.74, 6) is 0.469. The highest BCUT2D eigenvalue weighted by Crippen LogP contribution is 2.27. The van der Waals surface area contributed by atoms with E-state index in [4.69, 9.17) is 9.52 Å². The fourth-order valence-corrected chi connectivity index (χ4v) is 2.28. The molecule has 2 N–H and O–H groups in total. The molecule has 21 heavy (non-hydrogen) atoms. The predicted molar refractivity (Wildman–Crippen MR) is 84.0 cm³/mol. The van der Waals surface area contributed by atoms with Crippen LogP contribution in [0.25, 0.3) is 0 Å². The number of rotatable bonds is 6. The third-order valence-electron chi connectivity index (χ3n) is 3.12. The van der Waals surface area contributed by atoms with Crippen molar-refractivity contribution in [3.63, 3.8) is 0 Å². The first-order valence-electron chi connectivity index (χ1n) is 6.80. The van der Waals surface area contributed by atoms with E-state index in [0.29, 0.717) is 29.3 Å². The molecule has 0 saturated carbocycles. The number of furan rings is 1. The molecule has 0 unspecified atom stereocenters. The molecule has 0 aliphatic rings. The maximum absolute atomic E-state index is 12.2. The van der Waals surface area contributed by atoms with Gasteiger partial charge in [-0.1, -0.05) is 20.8 Å². The Morgan fingerprint density at radius 2 is 2.05 bits per heavy atom. The van der Waals surface area contributed by atoms with Crippen molar-refractivity contribution in [1.29, 1.82) is 0 Å². The molecule has 0 aromatic carbocycles. The molecule has 1 heterocycles. The van der Waals surface area contributed by atoms with Crippen LogP contribution in [0.1, 0.15) is 49.1 Å². The molecule has 0 radical (unpaired) electrons. The van der Waals surface area contributed by atoms with Crippen molar-refractivity contribution in [3.8, 4) is 0 Å². The number of carbonyl (C=O) groups excluding carboxylic acids is 1. The van der Waals surface area contributed by atoms with Crippen LogP contribution in [0.2, 0.25) is 0 Å². The van der Waals surface area contributed by atoms with Crippen LogP contribution < -0.4 is 5.32 Å². The lowest BCUT2D eigenvalue weighted by molar-refractivity contribution is -0.139. The van der Waals surface area contributed by atoms with Gasteiger partial charge in [-0.3, -0.25) is 4.79 Å². The number of carboxylic acids is 1. The summed E-state index contributed by atoms with van der Waals surface area (Å²) in [4.78, 5) is 23.4. The predicted octanol–water partition coefficient (Wildman–Crippen LogP) is 2.82. The zero-order valence-corrected chi connectivity index (χ0v) is 14.0. The molecule has 0 spiro atoms. The van der Waals surface area contributed by atoms with Gasteiger partial charge in [0.15, 0.2) is 0 Å². The zero-order chi connectivity index (χ0) is 16.2. The molecule has 0 saturated heterocycles. The molecule has 118 valence electrons. The van der Waals surface area contributed by atoms with Gasteiger partial charge < -0.3 is 14.8 Å². The van der Waals surface area contributed by atoms with Gasteiger partial charge in [-0.25, -0.2) is 4.79 Å². The Bertz CT molecular complexity index is 516. The fourth-order valence-electron chi connectivity index (χ4n) is 1.81. The molecule has 1 aromatic rings. The number of carbonyl (C=O) groups is 2. The second-order valence-corrected chi connectivity index (χ2v) is 6.96. The van der Waals surface area contributed by atoms with Gasteiger partial charge in [-0.2, -0.15) is 11.8 Å². The van der Waals surface area contributed by atoms with Crippen LogP contribution in [0.15, 0.2) is 10.5 Å². The molecule has 6 heteroatoms. The highest BCUT2D eigenvalue weighted by Gasteiger charge is 2.26. The minimum Gasteiger partial charge on any atom is -0.480 e. The SMILES string of the molecule is CSCC[C@H](NC(=O)c1cc(C(C)(C)C)oc1C)C(=O)O. The Morgan fingerprint density at radius 1 is 1.43 bits per heavy atom. The molecular formula is C15H23NO4S. The first kappa shape index (κ1) is 17.6. The summed E-state index contributed by atoms with van der Waals surface area (Å²) in [6.45, 7) is 7.68. The van der Waals surface area contributed by atoms with Crippen molar-refractivity contribution >= 4 is 23.6 Å². The summed E-state index contributed by atoms with van der Waals surface area (Å²) in [6, 6.07) is 0.815. The molecule has 0 aliphatic carbocycles. The van der Waals surface area contributed by atoms with Crippen LogP contribution in [-0.2, 0) is 10.2 Å². The van der Waals surface area contributed by atoms with E-state index >= 15 is 0 Å². The zero-order valence-electron chi connectivity index (χ0n) is 13.1. The Kier molecular flexibility index (Phi) is 5.89. The number of aryl methyl sites for hydroxylation is 1. The standard InChI is InChI=1S/C15H23NO4S/c1-9-10(8-12(20-9)15(2,3)4)13(17)16-11(14(18)19)6-7-21-5/h8,11H,6-7H2,1-5H3,(H,16,17)(H,18,19)/t11-/m0/s1. The van der Waals surface area contributed by atoms with E-state index in [1.165, 1.54) is 0 Å². The van der Waals surface area contributed by atoms with E-state index in [1.807, 2.05) is 27.0 Å². The van der Waals surface area contributed by atoms with E-state index in [-0.39, 0.29) is 5.41 Å². The van der Waals surface area contributed by atoms with Gasteiger partial charge in [-0.15, -0.1) is 0 Å². The van der Waals surface area contributed by atoms with Gasteiger partial charge in [0.1, 0.15) is 17.6 Å². The van der Waals surface area contributed by atoms with Crippen molar-refractivity contribution in [2.24, 2.45) is 0 Å². The summed E-state index contributed by atoms with van der Waals surface area (Å²) >= 11 is 1.55. The number of thioether (sulfide) groups is 1. The topological polar surface area (TPSA) is 79.5 Å². The van der Waals surface area contributed by atoms with Crippen LogP contribution in [-0.4, -0.2) is 35.0 Å². The summed E-state index contributed by atoms with van der Waals surface area (Å²) in [5, 5.41) is 11.7. The number of hydrogen-bond acceptors (Lipinski definition) is 4. The molecule has 1 atom stereocenters. The number of hydrogen-bond donors (Lipinski definition) is 2. The average Bonchev–Trinajstić information content (AvgIpc) is 2.76. The lowest BCUT2D eigenvalue weighted by atomic mass is 9.93. The number of aliphatic carboxylic acids is 1. The molecule has 1 aromatic heterocycles. The van der Waals surface area contributed by atoms with Crippen LogP contribution in [0.3, 0.4) is 0 Å². The number of carboxylic acid groups (broad SMARTS) is 1. The van der Waals surface area contributed by atoms with Gasteiger partial charge in [0.25, 0.3) is 5.91 Å². The first-order valence-corrected chi connectivity index (χ1v) is 8.19. The molecule has 1 rings (SSSR count). The summed E-state index contributed by atoms with van der Waals surface area (Å²) in [7, 11) is 0. The second kappa shape index (κ2) is 7.02. The van der Waals surface area contributed by atoms with Gasteiger partial charge >= 0.3 is 5.97 Å². The van der Waals surface area contributed by atoms with Crippen LogP contribution in [0.5, 0.6) is 0 Å². The maximum atomic E-state index is 12.2. The van der Waals surface area contributed by atoms with E-state index in [9.17, 15) is 9.59 Å². The highest BCUT2D eigenvalue weighted by atomic mass is 32.2. The van der Waals surface area contributed by atoms with E-state index in [0.717, 1.165) is 0 Å². The minimum absolute atomic E-state index is 0.200. The highest BCUT2D eigenvalue weighted by molar-refractivity contribution is 7.98. The average molecular weight is 313 g/mol. The summed E-state index contributed by atoms with van der Waals surface area (Å²) in [5.41, 5.74) is 0.198. The molecule has 5 nitrogen and oxygen atoms in total. The first-order chi connectivity index (χ1) is 9.66.